The Balaban J connectivity index is 2.48. The molecule has 7 heteroatoms. The summed E-state index contributed by atoms with van der Waals surface area (Å²) in [5, 5.41) is 15.0. The Morgan fingerprint density at radius 2 is 2.22 bits per heavy atom. The molecule has 0 atom stereocenters. The lowest BCUT2D eigenvalue weighted by atomic mass is 10.2. The maximum absolute atomic E-state index is 11.6. The van der Waals surface area contributed by atoms with Crippen LogP contribution in [0.5, 0.6) is 0 Å². The van der Waals surface area contributed by atoms with Gasteiger partial charge in [0.2, 0.25) is 5.91 Å². The van der Waals surface area contributed by atoms with Crippen molar-refractivity contribution < 1.29 is 4.79 Å². The molecule has 0 heterocycles. The standard InChI is InChI=1S/C11H13N5OS/c12-7-8-3-1-2-4-9(8)15-10(17)5-6-18-11(13)16-14/h1-4H,5-6,14H2,(H2,13,16)(H,15,17). The number of carbonyl (C=O) groups is 1. The van der Waals surface area contributed by atoms with Crippen molar-refractivity contribution in [2.45, 2.75) is 6.42 Å². The Morgan fingerprint density at radius 1 is 1.50 bits per heavy atom. The predicted octanol–water partition coefficient (Wildman–Crippen LogP) is 0.808. The van der Waals surface area contributed by atoms with Crippen molar-refractivity contribution in [2.75, 3.05) is 11.1 Å². The zero-order valence-electron chi connectivity index (χ0n) is 9.59. The summed E-state index contributed by atoms with van der Waals surface area (Å²) < 4.78 is 0. The van der Waals surface area contributed by atoms with E-state index in [2.05, 4.69) is 10.4 Å². The number of hydrazone groups is 1. The summed E-state index contributed by atoms with van der Waals surface area (Å²) >= 11 is 1.20. The number of hydrogen-bond donors (Lipinski definition) is 3. The monoisotopic (exact) mass is 263 g/mol. The Labute approximate surface area is 109 Å². The number of amidine groups is 1. The van der Waals surface area contributed by atoms with Crippen molar-refractivity contribution in [2.24, 2.45) is 16.7 Å². The highest BCUT2D eigenvalue weighted by Crippen LogP contribution is 2.14. The van der Waals surface area contributed by atoms with E-state index < -0.39 is 0 Å². The molecule has 94 valence electrons. The lowest BCUT2D eigenvalue weighted by Crippen LogP contribution is -2.15. The van der Waals surface area contributed by atoms with Crippen LogP contribution in [-0.2, 0) is 4.79 Å². The fraction of sp³-hybridized carbons (Fsp3) is 0.182. The molecule has 5 N–H and O–H groups in total. The number of nitrogens with one attached hydrogen (secondary N) is 1. The third kappa shape index (κ3) is 4.35. The molecule has 0 spiro atoms. The maximum Gasteiger partial charge on any atom is 0.225 e. The second-order valence-electron chi connectivity index (χ2n) is 3.27. The fourth-order valence-corrected chi connectivity index (χ4v) is 1.76. The van der Waals surface area contributed by atoms with Gasteiger partial charge < -0.3 is 16.9 Å². The highest BCUT2D eigenvalue weighted by molar-refractivity contribution is 8.13. The van der Waals surface area contributed by atoms with Gasteiger partial charge in [0, 0.05) is 12.2 Å². The van der Waals surface area contributed by atoms with Crippen LogP contribution in [0.1, 0.15) is 12.0 Å². The van der Waals surface area contributed by atoms with Crippen LogP contribution in [0.25, 0.3) is 0 Å². The summed E-state index contributed by atoms with van der Waals surface area (Å²) in [6.45, 7) is 0. The van der Waals surface area contributed by atoms with Crippen LogP contribution >= 0.6 is 11.8 Å². The van der Waals surface area contributed by atoms with Crippen molar-refractivity contribution in [1.29, 1.82) is 5.26 Å². The lowest BCUT2D eigenvalue weighted by molar-refractivity contribution is -0.115. The number of benzene rings is 1. The number of amides is 1. The van der Waals surface area contributed by atoms with Crippen molar-refractivity contribution in [3.63, 3.8) is 0 Å². The summed E-state index contributed by atoms with van der Waals surface area (Å²) in [5.41, 5.74) is 6.31. The molecular weight excluding hydrogens is 250 g/mol. The SMILES string of the molecule is N#Cc1ccccc1NC(=O)CCSC(N)=NN. The number of nitriles is 1. The average molecular weight is 263 g/mol. The van der Waals surface area contributed by atoms with Gasteiger partial charge >= 0.3 is 0 Å². The van der Waals surface area contributed by atoms with Crippen molar-refractivity contribution >= 4 is 28.5 Å². The molecule has 0 unspecified atom stereocenters. The van der Waals surface area contributed by atoms with Gasteiger partial charge in [-0.1, -0.05) is 23.9 Å². The molecule has 0 aliphatic rings. The number of hydrogen-bond acceptors (Lipinski definition) is 5. The van der Waals surface area contributed by atoms with Crippen LogP contribution in [0, 0.1) is 11.3 Å². The second kappa shape index (κ2) is 7.19. The van der Waals surface area contributed by atoms with Crippen LogP contribution in [-0.4, -0.2) is 16.8 Å². The van der Waals surface area contributed by atoms with Gasteiger partial charge in [-0.2, -0.15) is 10.4 Å². The van der Waals surface area contributed by atoms with Gasteiger partial charge in [0.25, 0.3) is 0 Å². The fourth-order valence-electron chi connectivity index (χ4n) is 1.19. The van der Waals surface area contributed by atoms with Crippen molar-refractivity contribution in [1.82, 2.24) is 0 Å². The predicted molar refractivity (Wildman–Crippen MR) is 72.7 cm³/mol. The van der Waals surface area contributed by atoms with E-state index in [1.807, 2.05) is 6.07 Å². The number of carbonyl (C=O) groups excluding carboxylic acids is 1. The van der Waals surface area contributed by atoms with Crippen molar-refractivity contribution in [3.05, 3.63) is 29.8 Å². The van der Waals surface area contributed by atoms with Crippen LogP contribution < -0.4 is 16.9 Å². The van der Waals surface area contributed by atoms with Gasteiger partial charge in [-0.15, -0.1) is 0 Å². The lowest BCUT2D eigenvalue weighted by Gasteiger charge is -2.06. The molecule has 1 amide bonds. The number of rotatable bonds is 4. The summed E-state index contributed by atoms with van der Waals surface area (Å²) in [7, 11) is 0. The topological polar surface area (TPSA) is 117 Å². The first-order valence-electron chi connectivity index (χ1n) is 5.12. The van der Waals surface area contributed by atoms with E-state index in [-0.39, 0.29) is 17.5 Å². The third-order valence-corrected chi connectivity index (χ3v) is 2.84. The van der Waals surface area contributed by atoms with Crippen LogP contribution in [0.15, 0.2) is 29.4 Å². The van der Waals surface area contributed by atoms with E-state index in [0.29, 0.717) is 17.0 Å². The molecule has 1 rings (SSSR count). The van der Waals surface area contributed by atoms with E-state index in [9.17, 15) is 4.79 Å². The van der Waals surface area contributed by atoms with E-state index in [1.54, 1.807) is 24.3 Å². The molecule has 1 aromatic rings. The van der Waals surface area contributed by atoms with Crippen molar-refractivity contribution in [3.8, 4) is 6.07 Å². The number of nitrogens with two attached hydrogens (primary N) is 2. The Bertz CT molecular complexity index is 494. The van der Waals surface area contributed by atoms with Gasteiger partial charge in [-0.05, 0) is 12.1 Å². The van der Waals surface area contributed by atoms with Gasteiger partial charge in [0.15, 0.2) is 5.17 Å². The minimum atomic E-state index is -0.185. The van der Waals surface area contributed by atoms with Crippen LogP contribution in [0.2, 0.25) is 0 Å². The first-order valence-corrected chi connectivity index (χ1v) is 6.11. The maximum atomic E-state index is 11.6. The van der Waals surface area contributed by atoms with E-state index in [4.69, 9.17) is 16.8 Å². The molecule has 0 aliphatic carbocycles. The minimum absolute atomic E-state index is 0.185. The van der Waals surface area contributed by atoms with E-state index in [0.717, 1.165) is 0 Å². The number of thioether (sulfide) groups is 1. The first kappa shape index (κ1) is 13.9. The molecule has 0 fully saturated rings. The molecular formula is C11H13N5OS. The summed E-state index contributed by atoms with van der Waals surface area (Å²) in [6, 6.07) is 8.82. The summed E-state index contributed by atoms with van der Waals surface area (Å²) in [5.74, 6) is 5.25. The minimum Gasteiger partial charge on any atom is -0.377 e. The van der Waals surface area contributed by atoms with Gasteiger partial charge in [0.05, 0.1) is 11.3 Å². The van der Waals surface area contributed by atoms with Crippen LogP contribution in [0.4, 0.5) is 5.69 Å². The highest BCUT2D eigenvalue weighted by Gasteiger charge is 2.06. The number of para-hydroxylation sites is 1. The summed E-state index contributed by atoms with van der Waals surface area (Å²) in [6.07, 6.45) is 0.265. The van der Waals surface area contributed by atoms with E-state index in [1.165, 1.54) is 11.8 Å². The first-order chi connectivity index (χ1) is 8.67. The smallest absolute Gasteiger partial charge is 0.225 e. The molecule has 0 aliphatic heterocycles. The summed E-state index contributed by atoms with van der Waals surface area (Å²) in [4.78, 5) is 11.6. The Kier molecular flexibility index (Phi) is 5.54. The zero-order chi connectivity index (χ0) is 13.4. The Hall–Kier alpha value is -2.20. The molecule has 18 heavy (non-hydrogen) atoms. The Morgan fingerprint density at radius 3 is 2.89 bits per heavy atom. The molecule has 0 saturated heterocycles. The molecule has 0 aromatic heterocycles. The molecule has 1 aromatic carbocycles. The zero-order valence-corrected chi connectivity index (χ0v) is 10.4. The highest BCUT2D eigenvalue weighted by atomic mass is 32.2. The van der Waals surface area contributed by atoms with Crippen LogP contribution in [0.3, 0.4) is 0 Å². The van der Waals surface area contributed by atoms with Gasteiger partial charge in [-0.25, -0.2) is 0 Å². The van der Waals surface area contributed by atoms with Gasteiger partial charge in [-0.3, -0.25) is 4.79 Å². The van der Waals surface area contributed by atoms with Gasteiger partial charge in [0.1, 0.15) is 6.07 Å². The third-order valence-electron chi connectivity index (χ3n) is 2.03. The quantitative estimate of drug-likeness (QED) is 0.321. The number of anilines is 1. The molecule has 0 saturated carbocycles. The van der Waals surface area contributed by atoms with E-state index >= 15 is 0 Å². The largest absolute Gasteiger partial charge is 0.377 e. The molecule has 0 bridgehead atoms. The molecule has 0 radical (unpaired) electrons. The second-order valence-corrected chi connectivity index (χ2v) is 4.39. The normalized spacial score (nSPS) is 10.7. The average Bonchev–Trinajstić information content (AvgIpc) is 2.39. The number of nitrogens with zero attached hydrogens (tertiary/aromatic N) is 2. The molecule has 6 nitrogen and oxygen atoms in total.